The van der Waals surface area contributed by atoms with Crippen LogP contribution in [0.5, 0.6) is 5.75 Å². The van der Waals surface area contributed by atoms with Crippen LogP contribution in [0.25, 0.3) is 0 Å². The molecule has 1 rings (SSSR count). The molecule has 0 aliphatic heterocycles. The average Bonchev–Trinajstić information content (AvgIpc) is 2.38. The quantitative estimate of drug-likeness (QED) is 0.745. The van der Waals surface area contributed by atoms with Crippen molar-refractivity contribution < 1.29 is 9.53 Å². The first-order chi connectivity index (χ1) is 8.27. The van der Waals surface area contributed by atoms with E-state index in [2.05, 4.69) is 17.6 Å². The van der Waals surface area contributed by atoms with Crippen molar-refractivity contribution in [2.45, 2.75) is 13.3 Å². The van der Waals surface area contributed by atoms with Crippen LogP contribution in [0.1, 0.15) is 23.7 Å². The van der Waals surface area contributed by atoms with E-state index in [9.17, 15) is 4.79 Å². The summed E-state index contributed by atoms with van der Waals surface area (Å²) in [6, 6.07) is 7.08. The van der Waals surface area contributed by atoms with Crippen LogP contribution in [0.2, 0.25) is 0 Å². The van der Waals surface area contributed by atoms with E-state index >= 15 is 0 Å². The molecular weight excluding hydrogens is 252 g/mol. The first-order valence-electron chi connectivity index (χ1n) is 5.91. The topological polar surface area (TPSA) is 50.4 Å². The Labute approximate surface area is 115 Å². The average molecular weight is 273 g/mol. The Hall–Kier alpha value is -1.26. The van der Waals surface area contributed by atoms with Gasteiger partial charge in [-0.2, -0.15) is 0 Å². The Morgan fingerprint density at radius 1 is 1.17 bits per heavy atom. The molecule has 0 spiro atoms. The lowest BCUT2D eigenvalue weighted by molar-refractivity contribution is 0.0954. The minimum Gasteiger partial charge on any atom is -0.497 e. The second kappa shape index (κ2) is 9.74. The molecule has 0 aromatic heterocycles. The number of amides is 1. The summed E-state index contributed by atoms with van der Waals surface area (Å²) in [4.78, 5) is 11.7. The van der Waals surface area contributed by atoms with Gasteiger partial charge in [0, 0.05) is 18.7 Å². The number of methoxy groups -OCH3 is 1. The van der Waals surface area contributed by atoms with Crippen LogP contribution in [0.4, 0.5) is 0 Å². The summed E-state index contributed by atoms with van der Waals surface area (Å²) in [7, 11) is 1.61. The lowest BCUT2D eigenvalue weighted by Gasteiger charge is -2.06. The molecule has 0 unspecified atom stereocenters. The van der Waals surface area contributed by atoms with Crippen molar-refractivity contribution in [2.75, 3.05) is 26.7 Å². The summed E-state index contributed by atoms with van der Waals surface area (Å²) in [5.74, 6) is 0.706. The highest BCUT2D eigenvalue weighted by atomic mass is 35.5. The third-order valence-corrected chi connectivity index (χ3v) is 2.37. The number of hydrogen-bond acceptors (Lipinski definition) is 3. The minimum atomic E-state index is -0.0500. The van der Waals surface area contributed by atoms with Crippen molar-refractivity contribution in [3.8, 4) is 5.75 Å². The van der Waals surface area contributed by atoms with Gasteiger partial charge in [0.1, 0.15) is 5.75 Å². The van der Waals surface area contributed by atoms with Gasteiger partial charge in [-0.1, -0.05) is 6.92 Å². The van der Waals surface area contributed by atoms with E-state index in [0.717, 1.165) is 25.3 Å². The van der Waals surface area contributed by atoms with Gasteiger partial charge in [-0.25, -0.2) is 0 Å². The summed E-state index contributed by atoms with van der Waals surface area (Å²) in [6.45, 7) is 4.54. The fraction of sp³-hybridized carbons (Fsp3) is 0.462. The number of ether oxygens (including phenoxy) is 1. The molecule has 0 aliphatic rings. The van der Waals surface area contributed by atoms with Crippen LogP contribution in [-0.2, 0) is 0 Å². The first-order valence-corrected chi connectivity index (χ1v) is 5.91. The third-order valence-electron chi connectivity index (χ3n) is 2.37. The Morgan fingerprint density at radius 3 is 2.39 bits per heavy atom. The summed E-state index contributed by atoms with van der Waals surface area (Å²) in [6.07, 6.45) is 1.10. The molecule has 4 nitrogen and oxygen atoms in total. The molecule has 0 radical (unpaired) electrons. The molecule has 102 valence electrons. The monoisotopic (exact) mass is 272 g/mol. The predicted molar refractivity (Wildman–Crippen MR) is 75.7 cm³/mol. The van der Waals surface area contributed by atoms with Gasteiger partial charge in [0.05, 0.1) is 7.11 Å². The standard InChI is InChI=1S/C13H20N2O2.ClH/c1-3-8-14-9-10-15-13(16)11-4-6-12(17-2)7-5-11;/h4-7,14H,3,8-10H2,1-2H3,(H,15,16);1H. The fourth-order valence-electron chi connectivity index (χ4n) is 1.41. The normalized spacial score (nSPS) is 9.44. The zero-order valence-electron chi connectivity index (χ0n) is 10.9. The molecule has 1 amide bonds. The maximum atomic E-state index is 11.7. The van der Waals surface area contributed by atoms with Crippen LogP contribution in [0.15, 0.2) is 24.3 Å². The Balaban J connectivity index is 0.00000289. The molecule has 0 saturated carbocycles. The molecule has 0 atom stereocenters. The maximum absolute atomic E-state index is 11.7. The zero-order chi connectivity index (χ0) is 12.5. The lowest BCUT2D eigenvalue weighted by atomic mass is 10.2. The Morgan fingerprint density at radius 2 is 1.83 bits per heavy atom. The van der Waals surface area contributed by atoms with E-state index in [0.29, 0.717) is 12.1 Å². The van der Waals surface area contributed by atoms with Gasteiger partial charge >= 0.3 is 0 Å². The largest absolute Gasteiger partial charge is 0.497 e. The Kier molecular flexibility index (Phi) is 9.06. The number of hydrogen-bond donors (Lipinski definition) is 2. The van der Waals surface area contributed by atoms with Gasteiger partial charge in [-0.05, 0) is 37.2 Å². The van der Waals surface area contributed by atoms with Crippen LogP contribution in [-0.4, -0.2) is 32.7 Å². The van der Waals surface area contributed by atoms with Gasteiger partial charge in [-0.15, -0.1) is 12.4 Å². The number of halogens is 1. The molecule has 2 N–H and O–H groups in total. The molecule has 0 saturated heterocycles. The van der Waals surface area contributed by atoms with E-state index in [1.165, 1.54) is 0 Å². The van der Waals surface area contributed by atoms with Crippen LogP contribution in [0, 0.1) is 0 Å². The number of nitrogens with one attached hydrogen (secondary N) is 2. The van der Waals surface area contributed by atoms with E-state index in [4.69, 9.17) is 4.74 Å². The van der Waals surface area contributed by atoms with Crippen LogP contribution in [0.3, 0.4) is 0 Å². The lowest BCUT2D eigenvalue weighted by Crippen LogP contribution is -2.32. The molecule has 1 aromatic rings. The highest BCUT2D eigenvalue weighted by Crippen LogP contribution is 2.10. The summed E-state index contributed by atoms with van der Waals surface area (Å²) in [5.41, 5.74) is 0.654. The summed E-state index contributed by atoms with van der Waals surface area (Å²) in [5, 5.41) is 6.08. The number of carbonyl (C=O) groups excluding carboxylic acids is 1. The second-order valence-corrected chi connectivity index (χ2v) is 3.73. The predicted octanol–water partition coefficient (Wildman–Crippen LogP) is 1.85. The SMILES string of the molecule is CCCNCCNC(=O)c1ccc(OC)cc1.Cl. The molecule has 5 heteroatoms. The molecule has 18 heavy (non-hydrogen) atoms. The molecular formula is C13H21ClN2O2. The van der Waals surface area contributed by atoms with Crippen molar-refractivity contribution in [2.24, 2.45) is 0 Å². The first kappa shape index (κ1) is 16.7. The number of benzene rings is 1. The fourth-order valence-corrected chi connectivity index (χ4v) is 1.41. The van der Waals surface area contributed by atoms with E-state index in [1.54, 1.807) is 31.4 Å². The molecule has 0 fully saturated rings. The smallest absolute Gasteiger partial charge is 0.251 e. The van der Waals surface area contributed by atoms with Gasteiger partial charge in [0.25, 0.3) is 5.91 Å². The minimum absolute atomic E-state index is 0. The van der Waals surface area contributed by atoms with Crippen LogP contribution >= 0.6 is 12.4 Å². The van der Waals surface area contributed by atoms with Crippen molar-refractivity contribution in [1.82, 2.24) is 10.6 Å². The van der Waals surface area contributed by atoms with E-state index in [1.807, 2.05) is 0 Å². The molecule has 0 bridgehead atoms. The van der Waals surface area contributed by atoms with Crippen LogP contribution < -0.4 is 15.4 Å². The third kappa shape index (κ3) is 5.89. The summed E-state index contributed by atoms with van der Waals surface area (Å²) >= 11 is 0. The Bertz CT molecular complexity index is 341. The number of carbonyl (C=O) groups is 1. The maximum Gasteiger partial charge on any atom is 0.251 e. The molecule has 0 heterocycles. The molecule has 0 aliphatic carbocycles. The highest BCUT2D eigenvalue weighted by molar-refractivity contribution is 5.94. The second-order valence-electron chi connectivity index (χ2n) is 3.73. The zero-order valence-corrected chi connectivity index (χ0v) is 11.7. The van der Waals surface area contributed by atoms with Gasteiger partial charge in [0.15, 0.2) is 0 Å². The summed E-state index contributed by atoms with van der Waals surface area (Å²) < 4.78 is 5.03. The van der Waals surface area contributed by atoms with Gasteiger partial charge < -0.3 is 15.4 Å². The van der Waals surface area contributed by atoms with Crippen molar-refractivity contribution in [1.29, 1.82) is 0 Å². The highest BCUT2D eigenvalue weighted by Gasteiger charge is 2.03. The van der Waals surface area contributed by atoms with Crippen molar-refractivity contribution >= 4 is 18.3 Å². The number of rotatable bonds is 7. The van der Waals surface area contributed by atoms with Gasteiger partial charge in [0.2, 0.25) is 0 Å². The van der Waals surface area contributed by atoms with E-state index < -0.39 is 0 Å². The molecule has 1 aromatic carbocycles. The van der Waals surface area contributed by atoms with Crippen molar-refractivity contribution in [3.05, 3.63) is 29.8 Å². The van der Waals surface area contributed by atoms with Gasteiger partial charge in [-0.3, -0.25) is 4.79 Å². The van der Waals surface area contributed by atoms with E-state index in [-0.39, 0.29) is 18.3 Å². The van der Waals surface area contributed by atoms with Crippen molar-refractivity contribution in [3.63, 3.8) is 0 Å².